The minimum atomic E-state index is -0.944. The summed E-state index contributed by atoms with van der Waals surface area (Å²) in [4.78, 5) is 12.6. The summed E-state index contributed by atoms with van der Waals surface area (Å²) in [6.45, 7) is 1.31. The first-order chi connectivity index (χ1) is 19.5. The van der Waals surface area contributed by atoms with E-state index >= 15 is 0 Å². The van der Waals surface area contributed by atoms with E-state index in [9.17, 15) is 9.90 Å². The summed E-state index contributed by atoms with van der Waals surface area (Å²) in [5, 5.41) is 18.7. The van der Waals surface area contributed by atoms with E-state index in [0.29, 0.717) is 55.6 Å². The van der Waals surface area contributed by atoms with Gasteiger partial charge in [-0.25, -0.2) is 9.48 Å². The van der Waals surface area contributed by atoms with Gasteiger partial charge in [-0.05, 0) is 48.4 Å². The lowest BCUT2D eigenvalue weighted by atomic mass is 9.87. The molecule has 0 bridgehead atoms. The van der Waals surface area contributed by atoms with Crippen LogP contribution >= 0.6 is 11.6 Å². The van der Waals surface area contributed by atoms with E-state index in [-0.39, 0.29) is 6.04 Å². The quantitative estimate of drug-likeness (QED) is 0.196. The standard InChI is InChI=1S/C31H30ClN3O5/c1-38-18-20-17-27(39-2)35(33-20)25-13-11-22-28-24(14-12-23(32)29(25)28)34(30(22)31(36)37)15-6-16-40-26-10-5-8-19-7-3-4-9-21(19)26/h3-5,7-10,12,14,17,25H,6,11,13,15-16,18H2,1-2H3,(H,36,37). The van der Waals surface area contributed by atoms with Gasteiger partial charge in [-0.2, -0.15) is 5.10 Å². The van der Waals surface area contributed by atoms with E-state index in [4.69, 9.17) is 30.9 Å². The highest BCUT2D eigenvalue weighted by Crippen LogP contribution is 2.45. The van der Waals surface area contributed by atoms with E-state index in [1.165, 1.54) is 0 Å². The zero-order valence-electron chi connectivity index (χ0n) is 22.4. The van der Waals surface area contributed by atoms with Crippen LogP contribution < -0.4 is 9.47 Å². The van der Waals surface area contributed by atoms with Crippen LogP contribution in [0.15, 0.2) is 60.7 Å². The number of carbonyl (C=O) groups is 1. The second-order valence-corrected chi connectivity index (χ2v) is 10.3. The fourth-order valence-electron chi connectivity index (χ4n) is 5.99. The van der Waals surface area contributed by atoms with Crippen molar-refractivity contribution in [2.45, 2.75) is 38.5 Å². The highest BCUT2D eigenvalue weighted by Gasteiger charge is 2.34. The van der Waals surface area contributed by atoms with Gasteiger partial charge in [0, 0.05) is 46.6 Å². The van der Waals surface area contributed by atoms with Crippen molar-refractivity contribution in [2.75, 3.05) is 20.8 Å². The van der Waals surface area contributed by atoms with Crippen LogP contribution in [0.2, 0.25) is 5.02 Å². The lowest BCUT2D eigenvalue weighted by molar-refractivity contribution is 0.0683. The number of hydrogen-bond acceptors (Lipinski definition) is 5. The predicted octanol–water partition coefficient (Wildman–Crippen LogP) is 6.50. The summed E-state index contributed by atoms with van der Waals surface area (Å²) >= 11 is 6.82. The van der Waals surface area contributed by atoms with E-state index in [1.54, 1.807) is 14.2 Å². The van der Waals surface area contributed by atoms with Crippen molar-refractivity contribution >= 4 is 39.2 Å². The zero-order valence-corrected chi connectivity index (χ0v) is 23.1. The van der Waals surface area contributed by atoms with Crippen molar-refractivity contribution in [3.05, 3.63) is 88.2 Å². The first-order valence-corrected chi connectivity index (χ1v) is 13.7. The minimum Gasteiger partial charge on any atom is -0.493 e. The first-order valence-electron chi connectivity index (χ1n) is 13.3. The number of methoxy groups -OCH3 is 2. The number of hydrogen-bond donors (Lipinski definition) is 1. The molecule has 0 spiro atoms. The van der Waals surface area contributed by atoms with Gasteiger partial charge in [-0.1, -0.05) is 48.0 Å². The Morgan fingerprint density at radius 2 is 1.95 bits per heavy atom. The van der Waals surface area contributed by atoms with Gasteiger partial charge in [0.1, 0.15) is 11.4 Å². The third-order valence-corrected chi connectivity index (χ3v) is 7.93. The van der Waals surface area contributed by atoms with Gasteiger partial charge < -0.3 is 23.9 Å². The molecule has 40 heavy (non-hydrogen) atoms. The molecule has 8 nitrogen and oxygen atoms in total. The SMILES string of the molecule is COCc1cc(OC)n(C2CCc3c(C(=O)O)n(CCCOc4cccc5ccccc45)c4ccc(Cl)c2c34)n1. The molecule has 1 atom stereocenters. The maximum absolute atomic E-state index is 12.6. The Morgan fingerprint density at radius 1 is 1.12 bits per heavy atom. The number of carboxylic acids is 1. The molecule has 0 fully saturated rings. The van der Waals surface area contributed by atoms with Gasteiger partial charge in [0.25, 0.3) is 0 Å². The number of benzene rings is 3. The summed E-state index contributed by atoms with van der Waals surface area (Å²) in [6, 6.07) is 19.5. The molecule has 1 aliphatic carbocycles. The number of carboxylic acid groups (broad SMARTS) is 1. The van der Waals surface area contributed by atoms with Crippen LogP contribution in [0.5, 0.6) is 11.6 Å². The fourth-order valence-corrected chi connectivity index (χ4v) is 6.27. The predicted molar refractivity (Wildman–Crippen MR) is 154 cm³/mol. The Balaban J connectivity index is 1.34. The van der Waals surface area contributed by atoms with Crippen LogP contribution in [-0.4, -0.2) is 46.2 Å². The normalized spacial score (nSPS) is 14.6. The molecule has 1 aliphatic rings. The third kappa shape index (κ3) is 4.47. The Kier molecular flexibility index (Phi) is 7.12. The Bertz CT molecular complexity index is 1720. The molecule has 2 aromatic heterocycles. The molecule has 6 rings (SSSR count). The average Bonchev–Trinajstić information content (AvgIpc) is 3.52. The summed E-state index contributed by atoms with van der Waals surface area (Å²) in [5.74, 6) is 0.489. The van der Waals surface area contributed by atoms with Gasteiger partial charge in [-0.15, -0.1) is 0 Å². The molecule has 2 heterocycles. The van der Waals surface area contributed by atoms with Crippen molar-refractivity contribution in [1.29, 1.82) is 0 Å². The van der Waals surface area contributed by atoms with E-state index in [0.717, 1.165) is 44.2 Å². The van der Waals surface area contributed by atoms with E-state index in [2.05, 4.69) is 12.1 Å². The number of nitrogens with zero attached hydrogens (tertiary/aromatic N) is 3. The molecular weight excluding hydrogens is 530 g/mol. The number of aromatic carboxylic acids is 1. The van der Waals surface area contributed by atoms with Crippen molar-refractivity contribution in [1.82, 2.24) is 14.3 Å². The smallest absolute Gasteiger partial charge is 0.352 e. The number of aromatic nitrogens is 3. The molecule has 0 amide bonds. The van der Waals surface area contributed by atoms with Crippen molar-refractivity contribution < 1.29 is 24.1 Å². The van der Waals surface area contributed by atoms with Gasteiger partial charge in [0.05, 0.1) is 32.1 Å². The molecule has 3 aromatic carbocycles. The largest absolute Gasteiger partial charge is 0.493 e. The van der Waals surface area contributed by atoms with Gasteiger partial charge >= 0.3 is 5.97 Å². The highest BCUT2D eigenvalue weighted by molar-refractivity contribution is 6.32. The Labute approximate surface area is 236 Å². The van der Waals surface area contributed by atoms with E-state index < -0.39 is 5.97 Å². The molecule has 0 saturated carbocycles. The molecular formula is C31H30ClN3O5. The Hall–Kier alpha value is -4.01. The van der Waals surface area contributed by atoms with Crippen LogP contribution in [0, 0.1) is 0 Å². The van der Waals surface area contributed by atoms with Crippen molar-refractivity contribution in [3.8, 4) is 11.6 Å². The van der Waals surface area contributed by atoms with Gasteiger partial charge in [-0.3, -0.25) is 0 Å². The molecule has 0 saturated heterocycles. The maximum Gasteiger partial charge on any atom is 0.352 e. The second-order valence-electron chi connectivity index (χ2n) is 9.93. The third-order valence-electron chi connectivity index (χ3n) is 7.60. The molecule has 1 unspecified atom stereocenters. The monoisotopic (exact) mass is 559 g/mol. The molecule has 0 aliphatic heterocycles. The number of fused-ring (bicyclic) bond motifs is 1. The second kappa shape index (κ2) is 10.9. The van der Waals surface area contributed by atoms with Crippen LogP contribution in [-0.2, 0) is 24.3 Å². The number of rotatable bonds is 10. The molecule has 9 heteroatoms. The van der Waals surface area contributed by atoms with Gasteiger partial charge in [0.2, 0.25) is 5.88 Å². The fraction of sp³-hybridized carbons (Fsp3) is 0.290. The number of ether oxygens (including phenoxy) is 3. The lowest BCUT2D eigenvalue weighted by Gasteiger charge is -2.26. The molecule has 0 radical (unpaired) electrons. The number of halogens is 1. The van der Waals surface area contributed by atoms with Crippen LogP contribution in [0.4, 0.5) is 0 Å². The average molecular weight is 560 g/mol. The van der Waals surface area contributed by atoms with Crippen molar-refractivity contribution in [2.24, 2.45) is 0 Å². The molecule has 206 valence electrons. The van der Waals surface area contributed by atoms with E-state index in [1.807, 2.05) is 57.8 Å². The molecule has 1 N–H and O–H groups in total. The minimum absolute atomic E-state index is 0.198. The van der Waals surface area contributed by atoms with Crippen LogP contribution in [0.1, 0.15) is 46.2 Å². The first kappa shape index (κ1) is 26.2. The summed E-state index contributed by atoms with van der Waals surface area (Å²) in [7, 11) is 3.24. The lowest BCUT2D eigenvalue weighted by Crippen LogP contribution is -2.19. The topological polar surface area (TPSA) is 87.7 Å². The van der Waals surface area contributed by atoms with Crippen LogP contribution in [0.25, 0.3) is 21.7 Å². The summed E-state index contributed by atoms with van der Waals surface area (Å²) < 4.78 is 20.8. The number of aryl methyl sites for hydroxylation is 2. The molecule has 5 aromatic rings. The van der Waals surface area contributed by atoms with Crippen molar-refractivity contribution in [3.63, 3.8) is 0 Å². The highest BCUT2D eigenvalue weighted by atomic mass is 35.5. The van der Waals surface area contributed by atoms with Gasteiger partial charge in [0.15, 0.2) is 0 Å². The Morgan fingerprint density at radius 3 is 2.75 bits per heavy atom. The van der Waals surface area contributed by atoms with Crippen LogP contribution in [0.3, 0.4) is 0 Å². The maximum atomic E-state index is 12.6. The zero-order chi connectivity index (χ0) is 27.8. The summed E-state index contributed by atoms with van der Waals surface area (Å²) in [6.07, 6.45) is 1.87. The summed E-state index contributed by atoms with van der Waals surface area (Å²) in [5.41, 5.74) is 3.61.